The summed E-state index contributed by atoms with van der Waals surface area (Å²) in [7, 11) is 1.58. The van der Waals surface area contributed by atoms with Crippen molar-refractivity contribution >= 4 is 34.0 Å². The number of ether oxygens (including phenoxy) is 2. The molecule has 0 aliphatic heterocycles. The summed E-state index contributed by atoms with van der Waals surface area (Å²) in [5.74, 6) is 2.05. The van der Waals surface area contributed by atoms with Gasteiger partial charge in [-0.3, -0.25) is 0 Å². The third-order valence-electron chi connectivity index (χ3n) is 5.95. The van der Waals surface area contributed by atoms with Gasteiger partial charge in [0.2, 0.25) is 0 Å². The van der Waals surface area contributed by atoms with Crippen LogP contribution in [0.4, 0.5) is 15.9 Å². The summed E-state index contributed by atoms with van der Waals surface area (Å²) < 4.78 is 30.2. The van der Waals surface area contributed by atoms with E-state index in [9.17, 15) is 9.60 Å². The van der Waals surface area contributed by atoms with E-state index < -0.39 is 0 Å². The number of rotatable bonds is 11. The molecule has 0 radical (unpaired) electrons. The number of halogens is 2. The lowest BCUT2D eigenvalue weighted by Gasteiger charge is -2.12. The molecule has 200 valence electrons. The van der Waals surface area contributed by atoms with Gasteiger partial charge < -0.3 is 24.4 Å². The average molecular weight is 549 g/mol. The summed E-state index contributed by atoms with van der Waals surface area (Å²) in [4.78, 5) is 8.81. The van der Waals surface area contributed by atoms with Crippen LogP contribution in [0.2, 0.25) is 5.02 Å². The Hall–Kier alpha value is -4.02. The molecule has 0 aliphatic carbocycles. The van der Waals surface area contributed by atoms with E-state index in [4.69, 9.17) is 25.5 Å². The molecule has 8 nitrogen and oxygen atoms in total. The molecular weight excluding hydrogens is 523 g/mol. The van der Waals surface area contributed by atoms with Crippen LogP contribution in [0.1, 0.15) is 11.3 Å². The number of benzene rings is 3. The maximum absolute atomic E-state index is 13.4. The number of nitrogens with one attached hydrogen (secondary N) is 1. The van der Waals surface area contributed by atoms with Crippen molar-refractivity contribution in [3.63, 3.8) is 0 Å². The fourth-order valence-corrected chi connectivity index (χ4v) is 4.24. The monoisotopic (exact) mass is 548 g/mol. The van der Waals surface area contributed by atoms with Crippen molar-refractivity contribution in [2.24, 2.45) is 0 Å². The van der Waals surface area contributed by atoms with Crippen molar-refractivity contribution < 1.29 is 23.5 Å². The van der Waals surface area contributed by atoms with Crippen LogP contribution in [0.5, 0.6) is 5.75 Å². The minimum absolute atomic E-state index is 0.196. The Kier molecular flexibility index (Phi) is 8.33. The van der Waals surface area contributed by atoms with Crippen LogP contribution in [0.25, 0.3) is 22.2 Å². The Morgan fingerprint density at radius 3 is 2.77 bits per heavy atom. The maximum atomic E-state index is 13.4. The second kappa shape index (κ2) is 12.2. The smallest absolute Gasteiger partial charge is 0.141 e. The third kappa shape index (κ3) is 6.71. The van der Waals surface area contributed by atoms with Gasteiger partial charge in [0.15, 0.2) is 0 Å². The Balaban J connectivity index is 1.32. The van der Waals surface area contributed by atoms with Gasteiger partial charge in [-0.1, -0.05) is 23.7 Å². The normalized spacial score (nSPS) is 11.3. The lowest BCUT2D eigenvalue weighted by Crippen LogP contribution is -2.22. The molecule has 2 aromatic heterocycles. The summed E-state index contributed by atoms with van der Waals surface area (Å²) in [6.45, 7) is 1.23. The van der Waals surface area contributed by atoms with Crippen molar-refractivity contribution in [2.45, 2.75) is 13.2 Å². The van der Waals surface area contributed by atoms with Crippen LogP contribution in [-0.2, 0) is 17.9 Å². The highest BCUT2D eigenvalue weighted by atomic mass is 35.5. The Bertz CT molecular complexity index is 1580. The van der Waals surface area contributed by atoms with Gasteiger partial charge in [0.05, 0.1) is 23.7 Å². The van der Waals surface area contributed by atoms with Crippen LogP contribution in [-0.4, -0.2) is 40.5 Å². The van der Waals surface area contributed by atoms with Gasteiger partial charge in [0.1, 0.15) is 41.8 Å². The molecule has 0 atom stereocenters. The SMILES string of the molecule is COCCN(O)Cc1ccc(-c2ccc3ncnc(Nc4ccc(OCc5cccc(F)c5)c(Cl)c4)c3c2)o1. The number of hydroxylamine groups is 2. The maximum Gasteiger partial charge on any atom is 0.141 e. The topological polar surface area (TPSA) is 92.9 Å². The van der Waals surface area contributed by atoms with Crippen molar-refractivity contribution in [1.29, 1.82) is 0 Å². The van der Waals surface area contributed by atoms with Crippen LogP contribution < -0.4 is 10.1 Å². The molecule has 0 aliphatic rings. The molecule has 0 amide bonds. The molecule has 3 aromatic carbocycles. The lowest BCUT2D eigenvalue weighted by molar-refractivity contribution is -0.113. The zero-order valence-corrected chi connectivity index (χ0v) is 21.9. The van der Waals surface area contributed by atoms with Gasteiger partial charge in [0.25, 0.3) is 0 Å². The van der Waals surface area contributed by atoms with E-state index in [0.717, 1.165) is 21.5 Å². The number of furan rings is 1. The first kappa shape index (κ1) is 26.6. The van der Waals surface area contributed by atoms with Gasteiger partial charge in [-0.2, -0.15) is 5.06 Å². The minimum Gasteiger partial charge on any atom is -0.487 e. The molecule has 2 N–H and O–H groups in total. The first-order valence-electron chi connectivity index (χ1n) is 12.2. The van der Waals surface area contributed by atoms with Crippen molar-refractivity contribution in [2.75, 3.05) is 25.6 Å². The van der Waals surface area contributed by atoms with E-state index in [1.165, 1.54) is 18.5 Å². The van der Waals surface area contributed by atoms with Gasteiger partial charge in [-0.15, -0.1) is 0 Å². The number of hydrogen-bond donors (Lipinski definition) is 2. The van der Waals surface area contributed by atoms with E-state index in [0.29, 0.717) is 52.5 Å². The van der Waals surface area contributed by atoms with Gasteiger partial charge in [-0.25, -0.2) is 14.4 Å². The van der Waals surface area contributed by atoms with E-state index in [-0.39, 0.29) is 19.0 Å². The standard InChI is InChI=1S/C29H26ClFN4O4/c1-37-12-11-35(36)16-23-7-10-27(39-23)20-5-8-26-24(14-20)29(33-18-32-26)34-22-6-9-28(25(30)15-22)38-17-19-3-2-4-21(31)13-19/h2-10,13-15,18,36H,11-12,16-17H2,1H3,(H,32,33,34). The molecular formula is C29H26ClFN4O4. The largest absolute Gasteiger partial charge is 0.487 e. The number of methoxy groups -OCH3 is 1. The van der Waals surface area contributed by atoms with E-state index in [1.54, 1.807) is 31.4 Å². The molecule has 0 saturated carbocycles. The molecule has 0 saturated heterocycles. The average Bonchev–Trinajstić information content (AvgIpc) is 3.40. The predicted octanol–water partition coefficient (Wildman–Crippen LogP) is 6.84. The van der Waals surface area contributed by atoms with Crippen LogP contribution in [0.3, 0.4) is 0 Å². The lowest BCUT2D eigenvalue weighted by atomic mass is 10.1. The van der Waals surface area contributed by atoms with Gasteiger partial charge in [-0.05, 0) is 66.2 Å². The zero-order valence-electron chi connectivity index (χ0n) is 21.1. The van der Waals surface area contributed by atoms with Crippen molar-refractivity contribution in [3.8, 4) is 17.1 Å². The highest BCUT2D eigenvalue weighted by Crippen LogP contribution is 2.33. The Morgan fingerprint density at radius 1 is 1.05 bits per heavy atom. The summed E-state index contributed by atoms with van der Waals surface area (Å²) >= 11 is 6.47. The van der Waals surface area contributed by atoms with Crippen LogP contribution >= 0.6 is 11.6 Å². The van der Waals surface area contributed by atoms with Crippen molar-refractivity contribution in [1.82, 2.24) is 15.0 Å². The van der Waals surface area contributed by atoms with E-state index in [1.807, 2.05) is 36.4 Å². The second-order valence-electron chi connectivity index (χ2n) is 8.79. The first-order valence-corrected chi connectivity index (χ1v) is 12.6. The van der Waals surface area contributed by atoms with Crippen LogP contribution in [0.15, 0.2) is 83.5 Å². The second-order valence-corrected chi connectivity index (χ2v) is 9.20. The molecule has 0 bridgehead atoms. The minimum atomic E-state index is -0.316. The number of nitrogens with zero attached hydrogens (tertiary/aromatic N) is 3. The summed E-state index contributed by atoms with van der Waals surface area (Å²) in [5.41, 5.74) is 3.01. The van der Waals surface area contributed by atoms with E-state index in [2.05, 4.69) is 15.3 Å². The first-order chi connectivity index (χ1) is 19.0. The van der Waals surface area contributed by atoms with Gasteiger partial charge >= 0.3 is 0 Å². The summed E-state index contributed by atoms with van der Waals surface area (Å²) in [5, 5.41) is 15.6. The number of anilines is 2. The summed E-state index contributed by atoms with van der Waals surface area (Å²) in [6, 6.07) is 21.0. The quantitative estimate of drug-likeness (QED) is 0.173. The zero-order chi connectivity index (χ0) is 27.2. The summed E-state index contributed by atoms with van der Waals surface area (Å²) in [6.07, 6.45) is 1.49. The van der Waals surface area contributed by atoms with Crippen molar-refractivity contribution in [3.05, 3.63) is 101 Å². The molecule has 0 fully saturated rings. The highest BCUT2D eigenvalue weighted by Gasteiger charge is 2.12. The van der Waals surface area contributed by atoms with E-state index >= 15 is 0 Å². The fraction of sp³-hybridized carbons (Fsp3) is 0.172. The number of aromatic nitrogens is 2. The van der Waals surface area contributed by atoms with Gasteiger partial charge in [0, 0.05) is 30.3 Å². The third-order valence-corrected chi connectivity index (χ3v) is 6.25. The molecule has 0 unspecified atom stereocenters. The molecule has 2 heterocycles. The fourth-order valence-electron chi connectivity index (χ4n) is 4.00. The molecule has 5 aromatic rings. The molecule has 0 spiro atoms. The molecule has 10 heteroatoms. The molecule has 5 rings (SSSR count). The molecule has 39 heavy (non-hydrogen) atoms. The Labute approximate surface area is 229 Å². The number of fused-ring (bicyclic) bond motifs is 1. The highest BCUT2D eigenvalue weighted by molar-refractivity contribution is 6.32. The number of hydrogen-bond acceptors (Lipinski definition) is 8. The predicted molar refractivity (Wildman–Crippen MR) is 147 cm³/mol. The van der Waals surface area contributed by atoms with Crippen LogP contribution in [0, 0.1) is 5.82 Å². The Morgan fingerprint density at radius 2 is 1.95 bits per heavy atom.